The maximum absolute atomic E-state index is 6.43. The molecule has 0 N–H and O–H groups in total. The van der Waals surface area contributed by atoms with Crippen molar-refractivity contribution >= 4 is 28.3 Å². The third-order valence-corrected chi connectivity index (χ3v) is 4.46. The Kier molecular flexibility index (Phi) is 3.81. The highest BCUT2D eigenvalue weighted by Crippen LogP contribution is 2.32. The van der Waals surface area contributed by atoms with Crippen molar-refractivity contribution < 1.29 is 4.74 Å². The van der Waals surface area contributed by atoms with Gasteiger partial charge in [0.2, 0.25) is 5.88 Å². The van der Waals surface area contributed by atoms with E-state index in [0.717, 1.165) is 33.8 Å². The van der Waals surface area contributed by atoms with E-state index >= 15 is 0 Å². The lowest BCUT2D eigenvalue weighted by Gasteiger charge is -2.10. The van der Waals surface area contributed by atoms with Gasteiger partial charge < -0.3 is 4.74 Å². The van der Waals surface area contributed by atoms with E-state index in [4.69, 9.17) is 21.3 Å². The molecule has 0 aliphatic carbocycles. The molecule has 5 nitrogen and oxygen atoms in total. The molecule has 0 amide bonds. The molecule has 3 heterocycles. The van der Waals surface area contributed by atoms with Crippen LogP contribution in [0.25, 0.3) is 28.1 Å². The second kappa shape index (κ2) is 6.01. The quantitative estimate of drug-likeness (QED) is 0.540. The molecule has 3 aromatic heterocycles. The zero-order valence-corrected chi connectivity index (χ0v) is 15.0. The topological polar surface area (TPSA) is 52.3 Å². The highest BCUT2D eigenvalue weighted by Gasteiger charge is 2.18. The van der Waals surface area contributed by atoms with Gasteiger partial charge in [0.1, 0.15) is 11.3 Å². The Morgan fingerprint density at radius 1 is 1.00 bits per heavy atom. The van der Waals surface area contributed by atoms with Gasteiger partial charge in [0, 0.05) is 11.6 Å². The third-order valence-electron chi connectivity index (χ3n) is 4.13. The smallest absolute Gasteiger partial charge is 0.215 e. The van der Waals surface area contributed by atoms with Crippen LogP contribution in [0.1, 0.15) is 18.3 Å². The van der Waals surface area contributed by atoms with Crippen molar-refractivity contribution in [3.63, 3.8) is 0 Å². The second-order valence-corrected chi connectivity index (χ2v) is 6.21. The predicted octanol–water partition coefficient (Wildman–Crippen LogP) is 4.61. The summed E-state index contributed by atoms with van der Waals surface area (Å²) in [6.07, 6.45) is 0. The Bertz CT molecular complexity index is 1100. The van der Waals surface area contributed by atoms with Crippen LogP contribution in [0.5, 0.6) is 5.88 Å². The Hall–Kier alpha value is -2.66. The highest BCUT2D eigenvalue weighted by atomic mass is 35.5. The minimum absolute atomic E-state index is 0.557. The van der Waals surface area contributed by atoms with E-state index in [9.17, 15) is 0 Å². The number of ether oxygens (including phenoxy) is 1. The van der Waals surface area contributed by atoms with Crippen LogP contribution in [0.3, 0.4) is 0 Å². The molecular weight excluding hydrogens is 336 g/mol. The number of hydrogen-bond donors (Lipinski definition) is 0. The number of hydrogen-bond acceptors (Lipinski definition) is 4. The summed E-state index contributed by atoms with van der Waals surface area (Å²) >= 11 is 6.43. The van der Waals surface area contributed by atoms with Gasteiger partial charge in [-0.15, -0.1) is 0 Å². The summed E-state index contributed by atoms with van der Waals surface area (Å²) in [6.45, 7) is 6.45. The first-order chi connectivity index (χ1) is 12.1. The molecule has 4 aromatic rings. The summed E-state index contributed by atoms with van der Waals surface area (Å²) in [5, 5.41) is 0.651. The molecule has 0 aliphatic heterocycles. The van der Waals surface area contributed by atoms with Gasteiger partial charge in [-0.2, -0.15) is 4.98 Å². The molecule has 126 valence electrons. The zero-order valence-electron chi connectivity index (χ0n) is 14.2. The van der Waals surface area contributed by atoms with Crippen LogP contribution in [-0.2, 0) is 0 Å². The van der Waals surface area contributed by atoms with Gasteiger partial charge in [-0.1, -0.05) is 23.7 Å². The molecule has 0 spiro atoms. The van der Waals surface area contributed by atoms with Gasteiger partial charge in [0.15, 0.2) is 5.65 Å². The van der Waals surface area contributed by atoms with E-state index < -0.39 is 0 Å². The second-order valence-electron chi connectivity index (χ2n) is 5.81. The minimum Gasteiger partial charge on any atom is -0.478 e. The largest absolute Gasteiger partial charge is 0.478 e. The maximum Gasteiger partial charge on any atom is 0.215 e. The first-order valence-electron chi connectivity index (χ1n) is 8.14. The van der Waals surface area contributed by atoms with E-state index in [1.165, 1.54) is 0 Å². The van der Waals surface area contributed by atoms with Gasteiger partial charge in [0.25, 0.3) is 0 Å². The highest BCUT2D eigenvalue weighted by molar-refractivity contribution is 6.33. The number of pyridine rings is 1. The monoisotopic (exact) mass is 352 g/mol. The Balaban J connectivity index is 2.15. The molecule has 0 saturated carbocycles. The maximum atomic E-state index is 6.43. The summed E-state index contributed by atoms with van der Waals surface area (Å²) in [7, 11) is 0. The fraction of sp³-hybridized carbons (Fsp3) is 0.211. The van der Waals surface area contributed by atoms with Crippen molar-refractivity contribution in [2.24, 2.45) is 0 Å². The molecular formula is C19H17ClN4O. The average Bonchev–Trinajstić information content (AvgIpc) is 2.94. The fourth-order valence-corrected chi connectivity index (χ4v) is 3.34. The lowest BCUT2D eigenvalue weighted by molar-refractivity contribution is 0.328. The molecule has 0 fully saturated rings. The summed E-state index contributed by atoms with van der Waals surface area (Å²) in [4.78, 5) is 14.1. The van der Waals surface area contributed by atoms with Crippen molar-refractivity contribution in [1.29, 1.82) is 0 Å². The van der Waals surface area contributed by atoms with Gasteiger partial charge >= 0.3 is 0 Å². The number of fused-ring (bicyclic) bond motifs is 3. The molecule has 1 aromatic carbocycles. The van der Waals surface area contributed by atoms with Crippen LogP contribution in [0.4, 0.5) is 0 Å². The molecule has 0 unspecified atom stereocenters. The van der Waals surface area contributed by atoms with E-state index in [0.29, 0.717) is 23.2 Å². The van der Waals surface area contributed by atoms with Crippen molar-refractivity contribution in [3.8, 4) is 17.3 Å². The molecule has 0 atom stereocenters. The van der Waals surface area contributed by atoms with Gasteiger partial charge in [-0.3, -0.25) is 4.40 Å². The van der Waals surface area contributed by atoms with Gasteiger partial charge in [-0.25, -0.2) is 9.97 Å². The molecule has 25 heavy (non-hydrogen) atoms. The number of rotatable bonds is 3. The molecule has 0 bridgehead atoms. The van der Waals surface area contributed by atoms with Crippen molar-refractivity contribution in [2.75, 3.05) is 6.61 Å². The number of imidazole rings is 1. The van der Waals surface area contributed by atoms with E-state index in [-0.39, 0.29) is 0 Å². The number of halogens is 1. The molecule has 0 saturated heterocycles. The molecule has 0 aliphatic rings. The van der Waals surface area contributed by atoms with Gasteiger partial charge in [0.05, 0.1) is 28.5 Å². The first-order valence-corrected chi connectivity index (χ1v) is 8.52. The van der Waals surface area contributed by atoms with E-state index in [2.05, 4.69) is 9.97 Å². The summed E-state index contributed by atoms with van der Waals surface area (Å²) in [5.74, 6) is 1.33. The summed E-state index contributed by atoms with van der Waals surface area (Å²) < 4.78 is 7.60. The Morgan fingerprint density at radius 2 is 1.76 bits per heavy atom. The molecule has 4 rings (SSSR count). The zero-order chi connectivity index (χ0) is 17.6. The number of aryl methyl sites for hydroxylation is 2. The number of nitrogens with zero attached hydrogens (tertiary/aromatic N) is 4. The van der Waals surface area contributed by atoms with Crippen LogP contribution in [0, 0.1) is 13.8 Å². The SMILES string of the molecule is CCOc1ccc2nc(C)c3c(C)nc(-c4ccccc4Cl)n3c2n1. The van der Waals surface area contributed by atoms with Crippen LogP contribution in [0.15, 0.2) is 36.4 Å². The lowest BCUT2D eigenvalue weighted by atomic mass is 10.2. The predicted molar refractivity (Wildman–Crippen MR) is 99.4 cm³/mol. The normalized spacial score (nSPS) is 11.4. The van der Waals surface area contributed by atoms with Crippen LogP contribution in [-0.4, -0.2) is 26.0 Å². The van der Waals surface area contributed by atoms with Crippen LogP contribution < -0.4 is 4.74 Å². The van der Waals surface area contributed by atoms with Crippen molar-refractivity contribution in [2.45, 2.75) is 20.8 Å². The number of aromatic nitrogens is 4. The lowest BCUT2D eigenvalue weighted by Crippen LogP contribution is -2.02. The van der Waals surface area contributed by atoms with E-state index in [1.54, 1.807) is 0 Å². The standard InChI is InChI=1S/C19H17ClN4O/c1-4-25-16-10-9-15-19(23-16)24-17(11(2)21-15)12(3)22-18(24)13-7-5-6-8-14(13)20/h5-10H,4H2,1-3H3. The molecule has 0 radical (unpaired) electrons. The number of benzene rings is 1. The minimum atomic E-state index is 0.557. The van der Waals surface area contributed by atoms with Crippen molar-refractivity contribution in [1.82, 2.24) is 19.4 Å². The van der Waals surface area contributed by atoms with E-state index in [1.807, 2.05) is 61.6 Å². The van der Waals surface area contributed by atoms with Gasteiger partial charge in [-0.05, 0) is 39.0 Å². The average molecular weight is 353 g/mol. The summed E-state index contributed by atoms with van der Waals surface area (Å²) in [6, 6.07) is 11.4. The first kappa shape index (κ1) is 15.8. The van der Waals surface area contributed by atoms with Crippen LogP contribution in [0.2, 0.25) is 5.02 Å². The fourth-order valence-electron chi connectivity index (χ4n) is 3.12. The molecule has 6 heteroatoms. The Labute approximate surface area is 150 Å². The van der Waals surface area contributed by atoms with Crippen molar-refractivity contribution in [3.05, 3.63) is 52.8 Å². The third kappa shape index (κ3) is 2.51. The summed E-state index contributed by atoms with van der Waals surface area (Å²) in [5.41, 5.74) is 5.11. The Morgan fingerprint density at radius 3 is 2.52 bits per heavy atom. The van der Waals surface area contributed by atoms with Crippen LogP contribution >= 0.6 is 11.6 Å².